The van der Waals surface area contributed by atoms with Crippen LogP contribution in [0.25, 0.3) is 123 Å². The highest BCUT2D eigenvalue weighted by molar-refractivity contribution is 6.12. The molecule has 0 saturated heterocycles. The van der Waals surface area contributed by atoms with Gasteiger partial charge >= 0.3 is 6.18 Å². The molecule has 0 N–H and O–H groups in total. The SMILES string of the molecule is Cc1cc(C)cc(-c2ccc3c(c2)c2ccccc2n3-c2cc(-c3nc(-c4ccccc4)nc(-c4ccccc4)n3)ccc2-c2cccc(-n3c4ccccc4c4cc(-c5cc(C)cc(C)c5)ccc43)c2C(F)(F)F)c1. The monoisotopic (exact) mass is 991 g/mol. The Balaban J connectivity index is 1.09. The molecule has 13 aromatic rings. The number of aryl methyl sites for hydroxylation is 4. The van der Waals surface area contributed by atoms with E-state index in [1.807, 2.05) is 127 Å². The molecule has 0 amide bonds. The predicted octanol–water partition coefficient (Wildman–Crippen LogP) is 18.3. The van der Waals surface area contributed by atoms with Crippen LogP contribution in [-0.2, 0) is 6.18 Å². The van der Waals surface area contributed by atoms with E-state index in [4.69, 9.17) is 15.0 Å². The second kappa shape index (κ2) is 18.2. The molecule has 0 atom stereocenters. The largest absolute Gasteiger partial charge is 0.419 e. The first-order valence-corrected chi connectivity index (χ1v) is 25.4. The number of fused-ring (bicyclic) bond motifs is 6. The van der Waals surface area contributed by atoms with Gasteiger partial charge in [-0.25, -0.2) is 15.0 Å². The number of benzene rings is 10. The zero-order valence-electron chi connectivity index (χ0n) is 42.2. The van der Waals surface area contributed by atoms with E-state index >= 15 is 13.2 Å². The third-order valence-corrected chi connectivity index (χ3v) is 14.5. The summed E-state index contributed by atoms with van der Waals surface area (Å²) in [6.07, 6.45) is -4.80. The van der Waals surface area contributed by atoms with Crippen LogP contribution >= 0.6 is 0 Å². The maximum absolute atomic E-state index is 16.7. The Morgan fingerprint density at radius 3 is 1.21 bits per heavy atom. The number of hydrogen-bond acceptors (Lipinski definition) is 3. The zero-order valence-corrected chi connectivity index (χ0v) is 42.2. The van der Waals surface area contributed by atoms with Gasteiger partial charge in [0.05, 0.1) is 39.0 Å². The van der Waals surface area contributed by atoms with Gasteiger partial charge in [-0.3, -0.25) is 0 Å². The first kappa shape index (κ1) is 46.4. The Kier molecular flexibility index (Phi) is 11.1. The first-order valence-electron chi connectivity index (χ1n) is 25.4. The summed E-state index contributed by atoms with van der Waals surface area (Å²) >= 11 is 0. The van der Waals surface area contributed by atoms with E-state index in [2.05, 4.69) is 99.0 Å². The summed E-state index contributed by atoms with van der Waals surface area (Å²) in [6.45, 7) is 8.35. The van der Waals surface area contributed by atoms with Crippen LogP contribution in [0.5, 0.6) is 0 Å². The van der Waals surface area contributed by atoms with E-state index in [0.29, 0.717) is 45.3 Å². The second-order valence-corrected chi connectivity index (χ2v) is 19.9. The second-order valence-electron chi connectivity index (χ2n) is 19.9. The van der Waals surface area contributed by atoms with Crippen molar-refractivity contribution in [3.05, 3.63) is 246 Å². The van der Waals surface area contributed by atoms with Gasteiger partial charge in [-0.2, -0.15) is 13.2 Å². The first-order chi connectivity index (χ1) is 36.9. The summed E-state index contributed by atoms with van der Waals surface area (Å²) in [7, 11) is 0. The third kappa shape index (κ3) is 8.10. The zero-order chi connectivity index (χ0) is 51.8. The molecule has 5 nitrogen and oxygen atoms in total. The van der Waals surface area contributed by atoms with Crippen LogP contribution in [-0.4, -0.2) is 24.1 Å². The predicted molar refractivity (Wildman–Crippen MR) is 305 cm³/mol. The Labute approximate surface area is 437 Å². The van der Waals surface area contributed by atoms with Gasteiger partial charge in [0.15, 0.2) is 17.5 Å². The number of halogens is 3. The van der Waals surface area contributed by atoms with Gasteiger partial charge in [0.2, 0.25) is 0 Å². The molecule has 0 spiro atoms. The molecule has 3 heterocycles. The van der Waals surface area contributed by atoms with Crippen LogP contribution in [0.2, 0.25) is 0 Å². The van der Waals surface area contributed by atoms with Gasteiger partial charge < -0.3 is 9.13 Å². The van der Waals surface area contributed by atoms with E-state index in [1.54, 1.807) is 28.8 Å². The average Bonchev–Trinajstić information content (AvgIpc) is 4.03. The fraction of sp³-hybridized carbons (Fsp3) is 0.0735. The van der Waals surface area contributed by atoms with E-state index < -0.39 is 11.7 Å². The minimum absolute atomic E-state index is 0.0307. The number of rotatable bonds is 8. The van der Waals surface area contributed by atoms with Crippen molar-refractivity contribution in [2.75, 3.05) is 0 Å². The molecule has 0 saturated carbocycles. The van der Waals surface area contributed by atoms with Crippen molar-refractivity contribution in [3.63, 3.8) is 0 Å². The highest BCUT2D eigenvalue weighted by Gasteiger charge is 2.39. The fourth-order valence-corrected chi connectivity index (χ4v) is 11.4. The maximum atomic E-state index is 16.7. The molecule has 0 radical (unpaired) electrons. The van der Waals surface area contributed by atoms with Crippen LogP contribution in [0.1, 0.15) is 27.8 Å². The topological polar surface area (TPSA) is 48.5 Å². The lowest BCUT2D eigenvalue weighted by Crippen LogP contribution is -2.13. The molecule has 10 aromatic carbocycles. The highest BCUT2D eigenvalue weighted by atomic mass is 19.4. The summed E-state index contributed by atoms with van der Waals surface area (Å²) < 4.78 is 54.0. The number of nitrogens with zero attached hydrogens (tertiary/aromatic N) is 5. The summed E-state index contributed by atoms with van der Waals surface area (Å²) in [5.74, 6) is 1.34. The Morgan fingerprint density at radius 1 is 0.303 bits per heavy atom. The van der Waals surface area contributed by atoms with Crippen molar-refractivity contribution in [3.8, 4) is 78.9 Å². The smallest absolute Gasteiger partial charge is 0.309 e. The molecule has 0 aliphatic rings. The van der Waals surface area contributed by atoms with Gasteiger partial charge in [-0.1, -0.05) is 192 Å². The molecule has 8 heteroatoms. The van der Waals surface area contributed by atoms with Crippen molar-refractivity contribution in [2.24, 2.45) is 0 Å². The van der Waals surface area contributed by atoms with E-state index in [-0.39, 0.29) is 11.3 Å². The number of hydrogen-bond donors (Lipinski definition) is 0. The lowest BCUT2D eigenvalue weighted by atomic mass is 9.94. The molecule has 0 unspecified atom stereocenters. The number of alkyl halides is 3. The highest BCUT2D eigenvalue weighted by Crippen LogP contribution is 2.47. The van der Waals surface area contributed by atoms with Crippen LogP contribution in [0.4, 0.5) is 13.2 Å². The lowest BCUT2D eigenvalue weighted by Gasteiger charge is -2.22. The van der Waals surface area contributed by atoms with E-state index in [1.165, 1.54) is 0 Å². The lowest BCUT2D eigenvalue weighted by molar-refractivity contribution is -0.136. The minimum Gasteiger partial charge on any atom is -0.309 e. The van der Waals surface area contributed by atoms with E-state index in [0.717, 1.165) is 88.2 Å². The Bertz CT molecular complexity index is 4340. The van der Waals surface area contributed by atoms with Crippen molar-refractivity contribution >= 4 is 43.6 Å². The quantitative estimate of drug-likeness (QED) is 0.152. The standard InChI is InChI=1S/C68H48F3N5/c1-41-32-42(2)35-50(34-41)47-27-30-60-56(38-47)52-20-11-13-23-58(52)75(60)62-25-15-22-55(64(62)68(69,70)71)54-29-26-49(67-73-65(45-16-7-5-8-17-45)72-66(74-67)46-18-9-6-10-19-46)40-63(54)76-59-24-14-12-21-53(59)57-39-48(28-31-61(57)76)51-36-43(3)33-44(4)37-51/h5-40H,1-4H3. The van der Waals surface area contributed by atoms with Gasteiger partial charge in [0.1, 0.15) is 0 Å². The molecule has 76 heavy (non-hydrogen) atoms. The van der Waals surface area contributed by atoms with Crippen molar-refractivity contribution in [1.29, 1.82) is 0 Å². The fourth-order valence-electron chi connectivity index (χ4n) is 11.4. The summed E-state index contributed by atoms with van der Waals surface area (Å²) in [5, 5.41) is 3.66. The average molecular weight is 992 g/mol. The maximum Gasteiger partial charge on any atom is 0.419 e. The molecule has 366 valence electrons. The Morgan fingerprint density at radius 2 is 0.724 bits per heavy atom. The molecule has 0 bridgehead atoms. The molecule has 13 rings (SSSR count). The van der Waals surface area contributed by atoms with E-state index in [9.17, 15) is 0 Å². The summed E-state index contributed by atoms with van der Waals surface area (Å²) in [6, 6.07) is 71.3. The van der Waals surface area contributed by atoms with Gasteiger partial charge in [-0.15, -0.1) is 0 Å². The molecule has 0 aliphatic carbocycles. The van der Waals surface area contributed by atoms with Gasteiger partial charge in [-0.05, 0) is 104 Å². The summed E-state index contributed by atoms with van der Waals surface area (Å²) in [4.78, 5) is 15.1. The van der Waals surface area contributed by atoms with Gasteiger partial charge in [0, 0.05) is 43.8 Å². The van der Waals surface area contributed by atoms with Crippen molar-refractivity contribution < 1.29 is 13.2 Å². The van der Waals surface area contributed by atoms with Crippen LogP contribution in [0.3, 0.4) is 0 Å². The molecule has 0 aliphatic heterocycles. The normalized spacial score (nSPS) is 11.9. The van der Waals surface area contributed by atoms with Crippen molar-refractivity contribution in [1.82, 2.24) is 24.1 Å². The number of para-hydroxylation sites is 2. The van der Waals surface area contributed by atoms with Crippen LogP contribution < -0.4 is 0 Å². The summed E-state index contributed by atoms with van der Waals surface area (Å²) in [5.41, 5.74) is 14.3. The van der Waals surface area contributed by atoms with Gasteiger partial charge in [0.25, 0.3) is 0 Å². The molecule has 0 fully saturated rings. The number of aromatic nitrogens is 5. The Hall–Kier alpha value is -9.40. The molecular weight excluding hydrogens is 944 g/mol. The molecular formula is C68H48F3N5. The van der Waals surface area contributed by atoms with Crippen molar-refractivity contribution in [2.45, 2.75) is 33.9 Å². The minimum atomic E-state index is -4.80. The molecule has 3 aromatic heterocycles. The van der Waals surface area contributed by atoms with Crippen LogP contribution in [0, 0.1) is 27.7 Å². The third-order valence-electron chi connectivity index (χ3n) is 14.5. The van der Waals surface area contributed by atoms with Crippen LogP contribution in [0.15, 0.2) is 218 Å².